The number of piperidine rings is 1. The van der Waals surface area contributed by atoms with Gasteiger partial charge in [-0.05, 0) is 17.7 Å². The largest absolute Gasteiger partial charge is 0.473 e. The highest BCUT2D eigenvalue weighted by molar-refractivity contribution is 7.90. The van der Waals surface area contributed by atoms with Gasteiger partial charge in [-0.2, -0.15) is 18.2 Å². The summed E-state index contributed by atoms with van der Waals surface area (Å²) in [6, 6.07) is 6.62. The Morgan fingerprint density at radius 1 is 1.00 bits per heavy atom. The molecule has 0 saturated carbocycles. The molecule has 1 aliphatic rings. The summed E-state index contributed by atoms with van der Waals surface area (Å²) in [6.45, 7) is 1.05. The summed E-state index contributed by atoms with van der Waals surface area (Å²) in [5.74, 6) is 0.681. The summed E-state index contributed by atoms with van der Waals surface area (Å²) < 4.78 is 70.0. The van der Waals surface area contributed by atoms with E-state index >= 15 is 0 Å². The third kappa shape index (κ3) is 5.08. The molecular formula is C24H23F3N6O3S. The number of anilines is 1. The molecule has 0 aliphatic carbocycles. The maximum Gasteiger partial charge on any atom is 0.419 e. The number of aromatic nitrogens is 5. The zero-order chi connectivity index (χ0) is 26.4. The Morgan fingerprint density at radius 2 is 1.65 bits per heavy atom. The van der Waals surface area contributed by atoms with Gasteiger partial charge in [-0.25, -0.2) is 23.4 Å². The number of aryl methyl sites for hydroxylation is 1. The average Bonchev–Trinajstić information content (AvgIpc) is 3.21. The molecule has 5 rings (SSSR count). The molecule has 13 heteroatoms. The van der Waals surface area contributed by atoms with E-state index in [0.717, 1.165) is 29.8 Å². The van der Waals surface area contributed by atoms with Crippen molar-refractivity contribution in [3.8, 4) is 17.0 Å². The monoisotopic (exact) mass is 532 g/mol. The van der Waals surface area contributed by atoms with E-state index in [2.05, 4.69) is 19.9 Å². The van der Waals surface area contributed by atoms with Crippen molar-refractivity contribution in [2.45, 2.75) is 30.0 Å². The standard InChI is InChI=1S/C24H23F3N6O3S/c1-32-13-19(15-3-5-18(6-4-15)37(2,34)35)20-21(32)22(31-14-30-20)36-17-7-9-33(10-8-17)23-28-11-16(12-29-23)24(25,26)27/h3-6,11-14,17H,7-10H2,1-2H3. The van der Waals surface area contributed by atoms with Crippen molar-refractivity contribution in [2.75, 3.05) is 24.2 Å². The predicted molar refractivity (Wildman–Crippen MR) is 130 cm³/mol. The molecule has 0 unspecified atom stereocenters. The number of rotatable bonds is 5. The van der Waals surface area contributed by atoms with Crippen LogP contribution in [0, 0.1) is 0 Å². The highest BCUT2D eigenvalue weighted by Gasteiger charge is 2.32. The molecule has 1 aromatic carbocycles. The van der Waals surface area contributed by atoms with Crippen molar-refractivity contribution in [1.82, 2.24) is 24.5 Å². The number of halogens is 3. The SMILES string of the molecule is Cn1cc(-c2ccc(S(C)(=O)=O)cc2)c2ncnc(OC3CCN(c4ncc(C(F)(F)F)cn4)CC3)c21. The molecule has 0 N–H and O–H groups in total. The molecule has 0 atom stereocenters. The second-order valence-electron chi connectivity index (χ2n) is 8.90. The maximum atomic E-state index is 12.8. The molecule has 194 valence electrons. The van der Waals surface area contributed by atoms with E-state index in [1.54, 1.807) is 24.3 Å². The van der Waals surface area contributed by atoms with Gasteiger partial charge in [0, 0.05) is 63.4 Å². The molecule has 37 heavy (non-hydrogen) atoms. The minimum absolute atomic E-state index is 0.156. The second-order valence-corrected chi connectivity index (χ2v) is 10.9. The van der Waals surface area contributed by atoms with Crippen LogP contribution < -0.4 is 9.64 Å². The topological polar surface area (TPSA) is 103 Å². The Balaban J connectivity index is 1.32. The van der Waals surface area contributed by atoms with Crippen molar-refractivity contribution in [2.24, 2.45) is 7.05 Å². The number of sulfone groups is 1. The minimum Gasteiger partial charge on any atom is -0.473 e. The third-order valence-corrected chi connectivity index (χ3v) is 7.41. The average molecular weight is 533 g/mol. The summed E-state index contributed by atoms with van der Waals surface area (Å²) in [4.78, 5) is 18.6. The summed E-state index contributed by atoms with van der Waals surface area (Å²) in [5, 5.41) is 0. The fourth-order valence-electron chi connectivity index (χ4n) is 4.34. The van der Waals surface area contributed by atoms with Gasteiger partial charge in [0.1, 0.15) is 23.5 Å². The van der Waals surface area contributed by atoms with Crippen LogP contribution in [0.2, 0.25) is 0 Å². The smallest absolute Gasteiger partial charge is 0.419 e. The van der Waals surface area contributed by atoms with Crippen LogP contribution in [0.15, 0.2) is 54.1 Å². The summed E-state index contributed by atoms with van der Waals surface area (Å²) >= 11 is 0. The van der Waals surface area contributed by atoms with Gasteiger partial charge in [-0.15, -0.1) is 0 Å². The lowest BCUT2D eigenvalue weighted by molar-refractivity contribution is -0.138. The summed E-state index contributed by atoms with van der Waals surface area (Å²) in [5.41, 5.74) is 2.13. The summed E-state index contributed by atoms with van der Waals surface area (Å²) in [7, 11) is -1.44. The number of alkyl halides is 3. The first kappa shape index (κ1) is 24.9. The number of benzene rings is 1. The zero-order valence-corrected chi connectivity index (χ0v) is 20.8. The van der Waals surface area contributed by atoms with E-state index in [-0.39, 0.29) is 16.9 Å². The molecule has 4 heterocycles. The van der Waals surface area contributed by atoms with Gasteiger partial charge in [0.2, 0.25) is 11.8 Å². The highest BCUT2D eigenvalue weighted by Crippen LogP contribution is 2.34. The molecule has 3 aromatic heterocycles. The van der Waals surface area contributed by atoms with Crippen LogP contribution in [0.1, 0.15) is 18.4 Å². The minimum atomic E-state index is -4.47. The van der Waals surface area contributed by atoms with Gasteiger partial charge in [0.15, 0.2) is 9.84 Å². The van der Waals surface area contributed by atoms with Crippen LogP contribution >= 0.6 is 0 Å². The van der Waals surface area contributed by atoms with E-state index in [9.17, 15) is 21.6 Å². The van der Waals surface area contributed by atoms with E-state index in [1.165, 1.54) is 6.33 Å². The van der Waals surface area contributed by atoms with Gasteiger partial charge in [0.25, 0.3) is 0 Å². The lowest BCUT2D eigenvalue weighted by atomic mass is 10.1. The summed E-state index contributed by atoms with van der Waals surface area (Å²) in [6.07, 6.45) is 2.67. The molecule has 4 aromatic rings. The van der Waals surface area contributed by atoms with Crippen molar-refractivity contribution in [1.29, 1.82) is 0 Å². The van der Waals surface area contributed by atoms with E-state index in [0.29, 0.717) is 42.8 Å². The van der Waals surface area contributed by atoms with Crippen molar-refractivity contribution >= 4 is 26.8 Å². The molecule has 1 aliphatic heterocycles. The van der Waals surface area contributed by atoms with Crippen molar-refractivity contribution < 1.29 is 26.3 Å². The van der Waals surface area contributed by atoms with Gasteiger partial charge < -0.3 is 14.2 Å². The number of hydrogen-bond acceptors (Lipinski definition) is 8. The second kappa shape index (κ2) is 9.29. The number of fused-ring (bicyclic) bond motifs is 1. The highest BCUT2D eigenvalue weighted by atomic mass is 32.2. The van der Waals surface area contributed by atoms with Crippen LogP contribution in [0.4, 0.5) is 19.1 Å². The first-order chi connectivity index (χ1) is 17.5. The molecular weight excluding hydrogens is 509 g/mol. The Bertz CT molecular complexity index is 1530. The van der Waals surface area contributed by atoms with Crippen LogP contribution in [0.5, 0.6) is 5.88 Å². The number of hydrogen-bond donors (Lipinski definition) is 0. The third-order valence-electron chi connectivity index (χ3n) is 6.28. The lowest BCUT2D eigenvalue weighted by Gasteiger charge is -2.32. The Morgan fingerprint density at radius 3 is 2.24 bits per heavy atom. The fraction of sp³-hybridized carbons (Fsp3) is 0.333. The maximum absolute atomic E-state index is 12.8. The zero-order valence-electron chi connectivity index (χ0n) is 20.0. The fourth-order valence-corrected chi connectivity index (χ4v) is 4.97. The molecule has 0 spiro atoms. The van der Waals surface area contributed by atoms with Crippen LogP contribution in [0.3, 0.4) is 0 Å². The van der Waals surface area contributed by atoms with Gasteiger partial charge in [-0.3, -0.25) is 0 Å². The molecule has 0 bridgehead atoms. The molecule has 0 radical (unpaired) electrons. The van der Waals surface area contributed by atoms with E-state index in [4.69, 9.17) is 4.74 Å². The van der Waals surface area contributed by atoms with Crippen molar-refractivity contribution in [3.05, 3.63) is 54.7 Å². The van der Waals surface area contributed by atoms with Gasteiger partial charge >= 0.3 is 6.18 Å². The normalized spacial score (nSPS) is 15.3. The van der Waals surface area contributed by atoms with Gasteiger partial charge in [0.05, 0.1) is 10.5 Å². The first-order valence-corrected chi connectivity index (χ1v) is 13.3. The van der Waals surface area contributed by atoms with Crippen molar-refractivity contribution in [3.63, 3.8) is 0 Å². The number of nitrogens with zero attached hydrogens (tertiary/aromatic N) is 6. The first-order valence-electron chi connectivity index (χ1n) is 11.4. The van der Waals surface area contributed by atoms with Gasteiger partial charge in [-0.1, -0.05) is 12.1 Å². The van der Waals surface area contributed by atoms with E-state index in [1.807, 2.05) is 22.7 Å². The Hall–Kier alpha value is -3.74. The van der Waals surface area contributed by atoms with Crippen LogP contribution in [0.25, 0.3) is 22.2 Å². The molecule has 1 saturated heterocycles. The van der Waals surface area contributed by atoms with E-state index < -0.39 is 21.6 Å². The molecule has 0 amide bonds. The lowest BCUT2D eigenvalue weighted by Crippen LogP contribution is -2.39. The number of ether oxygens (including phenoxy) is 1. The van der Waals surface area contributed by atoms with Crippen LogP contribution in [-0.4, -0.2) is 58.4 Å². The van der Waals surface area contributed by atoms with Crippen LogP contribution in [-0.2, 0) is 23.1 Å². The Labute approximate surface area is 210 Å². The molecule has 9 nitrogen and oxygen atoms in total. The molecule has 1 fully saturated rings. The predicted octanol–water partition coefficient (Wildman–Crippen LogP) is 3.90. The quantitative estimate of drug-likeness (QED) is 0.381. The Kier molecular flexibility index (Phi) is 6.26.